The predicted molar refractivity (Wildman–Crippen MR) is 632 cm³/mol. The van der Waals surface area contributed by atoms with Gasteiger partial charge in [0.15, 0.2) is 0 Å². The molecule has 28 aromatic rings. The molecule has 0 aliphatic heterocycles. The molecule has 9 nitrogen and oxygen atoms in total. The number of aryl methyl sites for hydroxylation is 1. The number of aromatic hydroxyl groups is 2. The molecule has 148 heavy (non-hydrogen) atoms. The summed E-state index contributed by atoms with van der Waals surface area (Å²) in [5.41, 5.74) is 32.9. The normalized spacial score (nSPS) is 11.3. The van der Waals surface area contributed by atoms with Gasteiger partial charge in [-0.05, 0) is 250 Å². The number of rotatable bonds is 12. The number of hydrogen-bond donors (Lipinski definition) is 5. The number of para-hydroxylation sites is 3. The lowest BCUT2D eigenvalue weighted by Gasteiger charge is -2.12. The fourth-order valence-electron chi connectivity index (χ4n) is 20.4. The third-order valence-electron chi connectivity index (χ3n) is 27.5. The van der Waals surface area contributed by atoms with Gasteiger partial charge in [0.2, 0.25) is 0 Å². The van der Waals surface area contributed by atoms with Crippen LogP contribution in [0.1, 0.15) is 5.56 Å². The maximum absolute atomic E-state index is 10.5. The third kappa shape index (κ3) is 18.3. The van der Waals surface area contributed by atoms with Crippen LogP contribution in [0.25, 0.3) is 247 Å². The molecule has 0 saturated carbocycles. The highest BCUT2D eigenvalue weighted by Crippen LogP contribution is 2.50. The van der Waals surface area contributed by atoms with E-state index in [1.54, 1.807) is 58.3 Å². The number of nitrogen functional groups attached to an aromatic ring is 1. The summed E-state index contributed by atoms with van der Waals surface area (Å²) in [6.07, 6.45) is 0. The number of nitrogens with two attached hydrogens (primary N) is 1. The Morgan fingerprint density at radius 1 is 0.216 bits per heavy atom. The summed E-state index contributed by atoms with van der Waals surface area (Å²) in [5, 5.41) is 62.2. The van der Waals surface area contributed by atoms with Crippen LogP contribution in [0.4, 0.5) is 5.69 Å². The standard InChI is InChI=1S/C34H23NS.C33H22N2S.C33H21NOS.C23H14ClNOS.C10H9BO2/c1-22-10-2-5-15-26(22)34-35-33-31(30-19-9-14-24-12-4-7-17-28(24)30)20-25(21-32(33)36-34)29-18-8-13-23-11-3-6-16-27(23)29;34-30-18-6-5-15-28(30)33-35-32-29(27-17-8-12-22-10-2-4-14-25(22)27)19-23(20-31(32)36-33)26-16-7-11-21-9-1-3-13-24(21)26;35-30-18-6-5-15-28(30)33-34-32-29(27-17-8-12-22-10-2-4-14-25(22)27)19-23(20-31(32)36-33)26-16-7-11-21-9-1-3-13-24(21)26;24-19-12-15(17-10-5-7-14-6-1-2-8-16(14)17)13-21-22(19)25-23(27-21)18-9-3-4-11-20(18)26;12-11(13)10-7-3-5-8-4-1-2-6-9(8)10/h2-21H,1H3;1-20H,34H2;1-20,35H;1-13,26H;1-7,12-13H. The molecule has 28 rings (SSSR count). The zero-order valence-corrected chi connectivity index (χ0v) is 84.0. The number of thiazole rings is 4. The first-order valence-corrected chi connectivity index (χ1v) is 52.5. The number of fused-ring (bicyclic) bond motifs is 12. The smallest absolute Gasteiger partial charge is 0.489 e. The van der Waals surface area contributed by atoms with E-state index in [1.807, 2.05) is 97.1 Å². The zero-order chi connectivity index (χ0) is 99.8. The Morgan fingerprint density at radius 2 is 0.446 bits per heavy atom. The minimum atomic E-state index is -1.40. The minimum absolute atomic E-state index is 0.224. The number of nitrogens with zero attached hydrogens (tertiary/aromatic N) is 4. The topological polar surface area (TPSA) is 158 Å². The lowest BCUT2D eigenvalue weighted by molar-refractivity contribution is 0.426. The van der Waals surface area contributed by atoms with E-state index >= 15 is 0 Å². The first-order valence-electron chi connectivity index (χ1n) is 48.9. The summed E-state index contributed by atoms with van der Waals surface area (Å²) in [6, 6.07) is 167. The molecule has 15 heteroatoms. The molecule has 0 radical (unpaired) electrons. The van der Waals surface area contributed by atoms with Crippen molar-refractivity contribution >= 4 is 202 Å². The van der Waals surface area contributed by atoms with Crippen molar-refractivity contribution in [1.29, 1.82) is 0 Å². The van der Waals surface area contributed by atoms with Gasteiger partial charge in [-0.15, -0.1) is 45.3 Å². The Labute approximate surface area is 875 Å². The second-order valence-electron chi connectivity index (χ2n) is 36.6. The number of phenols is 2. The second-order valence-corrected chi connectivity index (χ2v) is 41.1. The van der Waals surface area contributed by atoms with Crippen LogP contribution in [0.15, 0.2) is 485 Å². The summed E-state index contributed by atoms with van der Waals surface area (Å²) in [7, 11) is -1.40. The molecule has 4 aromatic heterocycles. The van der Waals surface area contributed by atoms with Crippen molar-refractivity contribution in [3.8, 4) is 132 Å². The molecular weight excluding hydrogens is 1910 g/mol. The Kier molecular flexibility index (Phi) is 25.5. The van der Waals surface area contributed by atoms with E-state index < -0.39 is 7.12 Å². The highest BCUT2D eigenvalue weighted by atomic mass is 35.5. The van der Waals surface area contributed by atoms with Crippen LogP contribution >= 0.6 is 56.9 Å². The quantitative estimate of drug-likeness (QED) is 0.0593. The molecule has 0 aliphatic rings. The van der Waals surface area contributed by atoms with Gasteiger partial charge < -0.3 is 26.0 Å². The van der Waals surface area contributed by atoms with E-state index in [0.29, 0.717) is 10.5 Å². The van der Waals surface area contributed by atoms with E-state index in [2.05, 4.69) is 376 Å². The Bertz CT molecular complexity index is 9300. The number of aromatic nitrogens is 4. The van der Waals surface area contributed by atoms with Crippen molar-refractivity contribution < 1.29 is 20.3 Å². The highest BCUT2D eigenvalue weighted by molar-refractivity contribution is 7.23. The van der Waals surface area contributed by atoms with Crippen LogP contribution < -0.4 is 11.2 Å². The van der Waals surface area contributed by atoms with E-state index in [-0.39, 0.29) is 11.5 Å². The molecule has 0 spiro atoms. The van der Waals surface area contributed by atoms with E-state index in [1.165, 1.54) is 147 Å². The van der Waals surface area contributed by atoms with Crippen LogP contribution in [0.3, 0.4) is 0 Å². The van der Waals surface area contributed by atoms with Crippen LogP contribution in [0.2, 0.25) is 5.02 Å². The van der Waals surface area contributed by atoms with Crippen molar-refractivity contribution in [2.24, 2.45) is 0 Å². The molecule has 0 unspecified atom stereocenters. The van der Waals surface area contributed by atoms with Gasteiger partial charge in [-0.2, -0.15) is 0 Å². The summed E-state index contributed by atoms with van der Waals surface area (Å²) in [5.74, 6) is 0.472. The van der Waals surface area contributed by atoms with Crippen LogP contribution in [0, 0.1) is 6.92 Å². The fourth-order valence-corrected chi connectivity index (χ4v) is 25.0. The van der Waals surface area contributed by atoms with Crippen molar-refractivity contribution in [2.75, 3.05) is 5.73 Å². The minimum Gasteiger partial charge on any atom is -0.507 e. The summed E-state index contributed by atoms with van der Waals surface area (Å²) in [6.45, 7) is 2.16. The van der Waals surface area contributed by atoms with Gasteiger partial charge in [-0.3, -0.25) is 0 Å². The SMILES string of the molecule is Cc1ccccc1-c1nc2c(-c3cccc4ccccc34)cc(-c3cccc4ccccc34)cc2s1.Nc1ccccc1-c1nc2c(-c3cccc4ccccc34)cc(-c3cccc4ccccc34)cc2s1.OB(O)c1cccc2ccccc12.Oc1ccccc1-c1nc2c(-c3cccc4ccccc34)cc(-c3cccc4ccccc34)cc2s1.Oc1ccccc1-c1nc2c(Cl)cc(-c3cccc4ccccc34)cc2s1. The van der Waals surface area contributed by atoms with Crippen LogP contribution in [0.5, 0.6) is 11.5 Å². The first-order chi connectivity index (χ1) is 72.8. The third-order valence-corrected chi connectivity index (χ3v) is 31.9. The average molecular weight is 2000 g/mol. The number of phenolic OH excluding ortho intramolecular Hbond substituents is 2. The maximum atomic E-state index is 10.5. The van der Waals surface area contributed by atoms with Gasteiger partial charge in [-0.1, -0.05) is 412 Å². The summed E-state index contributed by atoms with van der Waals surface area (Å²) in [4.78, 5) is 20.2. The lowest BCUT2D eigenvalue weighted by Crippen LogP contribution is -2.30. The predicted octanol–water partition coefficient (Wildman–Crippen LogP) is 36.1. The molecular formula is C133H89BClN5O4S4. The molecule has 0 bridgehead atoms. The molecule has 0 fully saturated rings. The van der Waals surface area contributed by atoms with Gasteiger partial charge in [0.1, 0.15) is 37.0 Å². The van der Waals surface area contributed by atoms with Crippen LogP contribution in [-0.2, 0) is 0 Å². The van der Waals surface area contributed by atoms with Crippen molar-refractivity contribution in [1.82, 2.24) is 19.9 Å². The van der Waals surface area contributed by atoms with Gasteiger partial charge in [0, 0.05) is 33.5 Å². The van der Waals surface area contributed by atoms with E-state index in [9.17, 15) is 10.2 Å². The number of benzene rings is 24. The lowest BCUT2D eigenvalue weighted by atomic mass is 9.77. The molecule has 6 N–H and O–H groups in total. The zero-order valence-electron chi connectivity index (χ0n) is 79.9. The second kappa shape index (κ2) is 40.7. The number of hydrogen-bond acceptors (Lipinski definition) is 13. The van der Waals surface area contributed by atoms with Crippen molar-refractivity contribution in [3.63, 3.8) is 0 Å². The van der Waals surface area contributed by atoms with Gasteiger partial charge in [0.05, 0.1) is 51.5 Å². The first kappa shape index (κ1) is 93.0. The number of halogens is 1. The molecule has 0 aliphatic carbocycles. The Hall–Kier alpha value is -17.4. The van der Waals surface area contributed by atoms with Gasteiger partial charge in [-0.25, -0.2) is 19.9 Å². The Morgan fingerprint density at radius 3 is 0.777 bits per heavy atom. The van der Waals surface area contributed by atoms with Gasteiger partial charge in [0.25, 0.3) is 0 Å². The van der Waals surface area contributed by atoms with Gasteiger partial charge >= 0.3 is 7.12 Å². The molecule has 0 amide bonds. The fraction of sp³-hybridized carbons (Fsp3) is 0.00752. The molecule has 0 atom stereocenters. The van der Waals surface area contributed by atoms with Crippen molar-refractivity contribution in [3.05, 3.63) is 496 Å². The van der Waals surface area contributed by atoms with E-state index in [4.69, 9.17) is 42.3 Å². The number of anilines is 1. The maximum Gasteiger partial charge on any atom is 0.489 e. The molecule has 4 heterocycles. The Balaban J connectivity index is 0.000000102. The van der Waals surface area contributed by atoms with Crippen molar-refractivity contribution in [2.45, 2.75) is 6.92 Å². The highest BCUT2D eigenvalue weighted by Gasteiger charge is 2.25. The van der Waals surface area contributed by atoms with E-state index in [0.717, 1.165) is 123 Å². The monoisotopic (exact) mass is 1990 g/mol. The largest absolute Gasteiger partial charge is 0.507 e. The summed E-state index contributed by atoms with van der Waals surface area (Å²) >= 11 is 13.2. The molecule has 24 aromatic carbocycles. The average Bonchev–Trinajstić information content (AvgIpc) is 1.56. The van der Waals surface area contributed by atoms with Crippen LogP contribution in [-0.4, -0.2) is 47.3 Å². The molecule has 0 saturated heterocycles. The summed E-state index contributed by atoms with van der Waals surface area (Å²) < 4.78 is 4.47. The molecule has 704 valence electrons.